The van der Waals surface area contributed by atoms with Gasteiger partial charge in [-0.3, -0.25) is 14.7 Å². The molecule has 0 spiro atoms. The monoisotopic (exact) mass is 366 g/mol. The van der Waals surface area contributed by atoms with Crippen LogP contribution in [0.2, 0.25) is 0 Å². The maximum absolute atomic E-state index is 12.9. The molecule has 0 aliphatic carbocycles. The molecule has 2 heterocycles. The number of fused-ring (bicyclic) bond motifs is 1. The van der Waals surface area contributed by atoms with Gasteiger partial charge >= 0.3 is 0 Å². The smallest absolute Gasteiger partial charge is 0.266 e. The predicted molar refractivity (Wildman–Crippen MR) is 108 cm³/mol. The van der Waals surface area contributed by atoms with E-state index in [0.717, 1.165) is 21.6 Å². The molecule has 1 aromatic carbocycles. The third-order valence-corrected chi connectivity index (χ3v) is 5.07. The average Bonchev–Trinajstić information content (AvgIpc) is 3.06. The Labute approximate surface area is 158 Å². The molecule has 0 unspecified atom stereocenters. The number of amides is 1. The van der Waals surface area contributed by atoms with Crippen molar-refractivity contribution in [3.8, 4) is 6.07 Å². The molecule has 26 heavy (non-hydrogen) atoms. The molecule has 1 aliphatic rings. The van der Waals surface area contributed by atoms with Crippen molar-refractivity contribution in [1.82, 2.24) is 9.47 Å². The molecule has 0 radical (unpaired) electrons. The van der Waals surface area contributed by atoms with E-state index in [1.165, 1.54) is 11.8 Å². The molecule has 3 rings (SSSR count). The van der Waals surface area contributed by atoms with Crippen LogP contribution in [0.1, 0.15) is 33.3 Å². The molecule has 1 saturated heterocycles. The van der Waals surface area contributed by atoms with E-state index >= 15 is 0 Å². The number of carbonyl (C=O) groups excluding carboxylic acids is 1. The quantitative estimate of drug-likeness (QED) is 0.760. The Morgan fingerprint density at radius 1 is 1.27 bits per heavy atom. The molecule has 6 heteroatoms. The number of amidine groups is 1. The number of nitriles is 1. The molecule has 134 valence electrons. The lowest BCUT2D eigenvalue weighted by Crippen LogP contribution is -2.35. The van der Waals surface area contributed by atoms with E-state index in [0.29, 0.717) is 4.91 Å². The zero-order valence-corrected chi connectivity index (χ0v) is 16.2. The van der Waals surface area contributed by atoms with Gasteiger partial charge in [0.15, 0.2) is 5.17 Å². The fourth-order valence-corrected chi connectivity index (χ4v) is 4.22. The Bertz CT molecular complexity index is 946. The van der Waals surface area contributed by atoms with Crippen LogP contribution in [0.15, 0.2) is 40.4 Å². The minimum Gasteiger partial charge on any atom is -0.333 e. The van der Waals surface area contributed by atoms with Crippen LogP contribution in [0.4, 0.5) is 0 Å². The molecule has 5 nitrogen and oxygen atoms in total. The van der Waals surface area contributed by atoms with Crippen LogP contribution in [-0.2, 0) is 11.3 Å². The molecule has 2 aromatic rings. The number of benzene rings is 1. The maximum Gasteiger partial charge on any atom is 0.266 e. The highest BCUT2D eigenvalue weighted by Crippen LogP contribution is 2.35. The van der Waals surface area contributed by atoms with Crippen molar-refractivity contribution in [2.75, 3.05) is 0 Å². The number of para-hydroxylation sites is 1. The Hall–Kier alpha value is -2.52. The van der Waals surface area contributed by atoms with E-state index in [9.17, 15) is 4.79 Å². The van der Waals surface area contributed by atoms with Gasteiger partial charge < -0.3 is 4.57 Å². The van der Waals surface area contributed by atoms with Crippen LogP contribution in [-0.4, -0.2) is 32.6 Å². The van der Waals surface area contributed by atoms with Gasteiger partial charge in [-0.25, -0.2) is 0 Å². The highest BCUT2D eigenvalue weighted by molar-refractivity contribution is 8.18. The van der Waals surface area contributed by atoms with Crippen LogP contribution in [0.3, 0.4) is 0 Å². The summed E-state index contributed by atoms with van der Waals surface area (Å²) in [7, 11) is 0. The lowest BCUT2D eigenvalue weighted by molar-refractivity contribution is -0.123. The Balaban J connectivity index is 2.07. The van der Waals surface area contributed by atoms with E-state index in [-0.39, 0.29) is 24.5 Å². The molecule has 1 aromatic heterocycles. The second-order valence-electron chi connectivity index (χ2n) is 6.77. The molecule has 1 fully saturated rings. The van der Waals surface area contributed by atoms with Gasteiger partial charge in [-0.1, -0.05) is 18.2 Å². The molecular formula is C20H22N4OS. The standard InChI is InChI=1S/C20H22N4OS/c1-13(2)22-20-24(14(3)4)19(25)18(26-20)11-15-12-23(10-9-21)17-8-6-5-7-16(15)17/h5-8,11-14H,10H2,1-4H3/b18-11+,22-20?. The predicted octanol–water partition coefficient (Wildman–Crippen LogP) is 4.25. The molecule has 0 atom stereocenters. The third kappa shape index (κ3) is 3.40. The van der Waals surface area contributed by atoms with Gasteiger partial charge in [-0.15, -0.1) is 0 Å². The van der Waals surface area contributed by atoms with Crippen molar-refractivity contribution in [2.24, 2.45) is 4.99 Å². The van der Waals surface area contributed by atoms with E-state index in [1.54, 1.807) is 4.90 Å². The van der Waals surface area contributed by atoms with Crippen molar-refractivity contribution >= 4 is 39.8 Å². The number of hydrogen-bond donors (Lipinski definition) is 0. The van der Waals surface area contributed by atoms with E-state index < -0.39 is 0 Å². The second kappa shape index (κ2) is 7.38. The van der Waals surface area contributed by atoms with Crippen LogP contribution in [0.25, 0.3) is 17.0 Å². The zero-order chi connectivity index (χ0) is 18.8. The van der Waals surface area contributed by atoms with Gasteiger partial charge in [-0.2, -0.15) is 5.26 Å². The van der Waals surface area contributed by atoms with Crippen molar-refractivity contribution in [2.45, 2.75) is 46.3 Å². The first-order valence-corrected chi connectivity index (χ1v) is 9.49. The Morgan fingerprint density at radius 3 is 2.65 bits per heavy atom. The molecule has 0 saturated carbocycles. The second-order valence-corrected chi connectivity index (χ2v) is 7.78. The van der Waals surface area contributed by atoms with E-state index in [2.05, 4.69) is 11.1 Å². The molecule has 0 N–H and O–H groups in total. The minimum atomic E-state index is -0.0125. The summed E-state index contributed by atoms with van der Waals surface area (Å²) in [6.07, 6.45) is 3.85. The van der Waals surface area contributed by atoms with Crippen LogP contribution < -0.4 is 0 Å². The summed E-state index contributed by atoms with van der Waals surface area (Å²) in [6.45, 7) is 8.29. The van der Waals surface area contributed by atoms with Crippen molar-refractivity contribution in [1.29, 1.82) is 5.26 Å². The highest BCUT2D eigenvalue weighted by Gasteiger charge is 2.35. The number of aliphatic imine (C=N–C) groups is 1. The summed E-state index contributed by atoms with van der Waals surface area (Å²) < 4.78 is 1.91. The van der Waals surface area contributed by atoms with Gasteiger partial charge in [0.1, 0.15) is 6.54 Å². The van der Waals surface area contributed by atoms with E-state index in [1.807, 2.05) is 68.8 Å². The summed E-state index contributed by atoms with van der Waals surface area (Å²) in [5.41, 5.74) is 1.94. The minimum absolute atomic E-state index is 0.0125. The van der Waals surface area contributed by atoms with Crippen molar-refractivity contribution < 1.29 is 4.79 Å². The Kier molecular flexibility index (Phi) is 5.19. The van der Waals surface area contributed by atoms with Crippen molar-refractivity contribution in [3.05, 3.63) is 40.9 Å². The normalized spacial score (nSPS) is 18.0. The Morgan fingerprint density at radius 2 is 2.00 bits per heavy atom. The first kappa shape index (κ1) is 18.3. The SMILES string of the molecule is CC(C)N=C1S/C(=C/c2cn(CC#N)c3ccccc23)C(=O)N1C(C)C. The third-order valence-electron chi connectivity index (χ3n) is 4.07. The van der Waals surface area contributed by atoms with Gasteiger partial charge in [0.2, 0.25) is 0 Å². The lowest BCUT2D eigenvalue weighted by atomic mass is 10.1. The van der Waals surface area contributed by atoms with Crippen LogP contribution >= 0.6 is 11.8 Å². The van der Waals surface area contributed by atoms with Gasteiger partial charge in [-0.05, 0) is 51.6 Å². The summed E-state index contributed by atoms with van der Waals surface area (Å²) in [5.74, 6) is -0.0125. The summed E-state index contributed by atoms with van der Waals surface area (Å²) >= 11 is 1.42. The first-order valence-electron chi connectivity index (χ1n) is 8.68. The zero-order valence-electron chi connectivity index (χ0n) is 15.4. The number of carbonyl (C=O) groups is 1. The van der Waals surface area contributed by atoms with Crippen molar-refractivity contribution in [3.63, 3.8) is 0 Å². The number of nitrogens with zero attached hydrogens (tertiary/aromatic N) is 4. The highest BCUT2D eigenvalue weighted by atomic mass is 32.2. The topological polar surface area (TPSA) is 61.4 Å². The molecular weight excluding hydrogens is 344 g/mol. The number of aromatic nitrogens is 1. The first-order chi connectivity index (χ1) is 12.4. The maximum atomic E-state index is 12.9. The summed E-state index contributed by atoms with van der Waals surface area (Å²) in [4.78, 5) is 19.9. The lowest BCUT2D eigenvalue weighted by Gasteiger charge is -2.20. The average molecular weight is 366 g/mol. The van der Waals surface area contributed by atoms with Crippen LogP contribution in [0.5, 0.6) is 0 Å². The molecule has 0 bridgehead atoms. The van der Waals surface area contributed by atoms with Gasteiger partial charge in [0, 0.05) is 34.7 Å². The number of rotatable bonds is 4. The summed E-state index contributed by atoms with van der Waals surface area (Å²) in [6, 6.07) is 10.3. The number of hydrogen-bond acceptors (Lipinski definition) is 4. The fourth-order valence-electron chi connectivity index (χ4n) is 2.99. The summed E-state index contributed by atoms with van der Waals surface area (Å²) in [5, 5.41) is 10.9. The van der Waals surface area contributed by atoms with Gasteiger partial charge in [0.25, 0.3) is 5.91 Å². The molecule has 1 aliphatic heterocycles. The molecule has 1 amide bonds. The number of thioether (sulfide) groups is 1. The van der Waals surface area contributed by atoms with Gasteiger partial charge in [0.05, 0.1) is 11.0 Å². The largest absolute Gasteiger partial charge is 0.333 e. The van der Waals surface area contributed by atoms with Crippen LogP contribution in [0, 0.1) is 11.3 Å². The fraction of sp³-hybridized carbons (Fsp3) is 0.350. The van der Waals surface area contributed by atoms with E-state index in [4.69, 9.17) is 5.26 Å².